The summed E-state index contributed by atoms with van der Waals surface area (Å²) in [6, 6.07) is -0.178. The van der Waals surface area contributed by atoms with Crippen LogP contribution in [0.3, 0.4) is 0 Å². The number of oxime groups is 1. The summed E-state index contributed by atoms with van der Waals surface area (Å²) in [7, 11) is 0. The molecule has 0 amide bonds. The van der Waals surface area contributed by atoms with Crippen LogP contribution in [0.2, 0.25) is 0 Å². The largest absolute Gasteiger partial charge is 0.409 e. The van der Waals surface area contributed by atoms with Gasteiger partial charge in [0.15, 0.2) is 11.7 Å². The number of nitrogens with two attached hydrogens (primary N) is 1. The van der Waals surface area contributed by atoms with Crippen LogP contribution in [0.5, 0.6) is 0 Å². The molecule has 0 aliphatic rings. The van der Waals surface area contributed by atoms with E-state index in [1.807, 2.05) is 0 Å². The average molecular weight is 213 g/mol. The van der Waals surface area contributed by atoms with E-state index in [1.165, 1.54) is 0 Å². The van der Waals surface area contributed by atoms with Crippen molar-refractivity contribution in [2.24, 2.45) is 10.9 Å². The first-order valence-corrected chi connectivity index (χ1v) is 4.63. The lowest BCUT2D eigenvalue weighted by Crippen LogP contribution is -2.39. The fraction of sp³-hybridized carbons (Fsp3) is 0.625. The number of nitrogens with zero attached hydrogens (tertiary/aromatic N) is 3. The van der Waals surface area contributed by atoms with Gasteiger partial charge in [-0.15, -0.1) is 0 Å². The van der Waals surface area contributed by atoms with Crippen molar-refractivity contribution < 1.29 is 9.73 Å². The fourth-order valence-corrected chi connectivity index (χ4v) is 1.03. The summed E-state index contributed by atoms with van der Waals surface area (Å²) in [5.41, 5.74) is 5.39. The number of amidine groups is 1. The highest BCUT2D eigenvalue weighted by atomic mass is 16.5. The van der Waals surface area contributed by atoms with Gasteiger partial charge in [0.05, 0.1) is 6.04 Å². The highest BCUT2D eigenvalue weighted by Crippen LogP contribution is 1.95. The van der Waals surface area contributed by atoms with Crippen molar-refractivity contribution in [3.63, 3.8) is 0 Å². The fourth-order valence-electron chi connectivity index (χ4n) is 1.03. The van der Waals surface area contributed by atoms with Gasteiger partial charge in [-0.3, -0.25) is 0 Å². The topological polar surface area (TPSA) is 110 Å². The molecular formula is C8H15N5O2. The van der Waals surface area contributed by atoms with Crippen LogP contribution in [0.25, 0.3) is 0 Å². The van der Waals surface area contributed by atoms with Crippen molar-refractivity contribution in [3.05, 3.63) is 11.7 Å². The van der Waals surface area contributed by atoms with Crippen LogP contribution in [0, 0.1) is 6.92 Å². The normalized spacial score (nSPS) is 14.1. The van der Waals surface area contributed by atoms with Gasteiger partial charge in [-0.25, -0.2) is 0 Å². The molecule has 1 atom stereocenters. The van der Waals surface area contributed by atoms with Gasteiger partial charge in [0.25, 0.3) is 0 Å². The van der Waals surface area contributed by atoms with Crippen molar-refractivity contribution in [1.29, 1.82) is 0 Å². The van der Waals surface area contributed by atoms with E-state index in [0.717, 1.165) is 0 Å². The second-order valence-electron chi connectivity index (χ2n) is 3.18. The molecule has 84 valence electrons. The molecule has 0 radical (unpaired) electrons. The first-order valence-electron chi connectivity index (χ1n) is 4.63. The van der Waals surface area contributed by atoms with Crippen LogP contribution in [-0.2, 0) is 6.42 Å². The molecule has 0 saturated carbocycles. The maximum absolute atomic E-state index is 8.41. The number of aromatic nitrogens is 2. The van der Waals surface area contributed by atoms with Crippen LogP contribution in [-0.4, -0.2) is 33.8 Å². The third kappa shape index (κ3) is 3.55. The van der Waals surface area contributed by atoms with Crippen molar-refractivity contribution in [2.45, 2.75) is 26.3 Å². The highest BCUT2D eigenvalue weighted by molar-refractivity contribution is 5.84. The molecular weight excluding hydrogens is 198 g/mol. The Morgan fingerprint density at radius 2 is 2.47 bits per heavy atom. The molecule has 1 heterocycles. The summed E-state index contributed by atoms with van der Waals surface area (Å²) in [4.78, 5) is 4.04. The van der Waals surface area contributed by atoms with Crippen molar-refractivity contribution in [3.8, 4) is 0 Å². The Morgan fingerprint density at radius 1 is 1.73 bits per heavy atom. The molecule has 1 aromatic heterocycles. The van der Waals surface area contributed by atoms with E-state index >= 15 is 0 Å². The van der Waals surface area contributed by atoms with Gasteiger partial charge < -0.3 is 20.8 Å². The van der Waals surface area contributed by atoms with Gasteiger partial charge in [-0.1, -0.05) is 10.3 Å². The third-order valence-corrected chi connectivity index (χ3v) is 1.93. The Labute approximate surface area is 87.3 Å². The quantitative estimate of drug-likeness (QED) is 0.267. The van der Waals surface area contributed by atoms with Gasteiger partial charge >= 0.3 is 0 Å². The summed E-state index contributed by atoms with van der Waals surface area (Å²) in [6.45, 7) is 4.18. The molecule has 1 rings (SSSR count). The summed E-state index contributed by atoms with van der Waals surface area (Å²) < 4.78 is 4.81. The summed E-state index contributed by atoms with van der Waals surface area (Å²) in [5.74, 6) is 1.35. The molecule has 7 nitrogen and oxygen atoms in total. The summed E-state index contributed by atoms with van der Waals surface area (Å²) >= 11 is 0. The summed E-state index contributed by atoms with van der Waals surface area (Å²) in [5, 5.41) is 18.1. The van der Waals surface area contributed by atoms with Gasteiger partial charge in [-0.05, 0) is 6.92 Å². The monoisotopic (exact) mass is 213 g/mol. The van der Waals surface area contributed by atoms with Crippen LogP contribution < -0.4 is 11.1 Å². The van der Waals surface area contributed by atoms with Crippen molar-refractivity contribution in [2.75, 3.05) is 6.54 Å². The van der Waals surface area contributed by atoms with Gasteiger partial charge in [0.1, 0.15) is 0 Å². The SMILES string of the molecule is Cc1nc(CCNC(C)C(N)=NO)no1. The molecule has 0 bridgehead atoms. The Morgan fingerprint density at radius 3 is 3.00 bits per heavy atom. The summed E-state index contributed by atoms with van der Waals surface area (Å²) in [6.07, 6.45) is 0.639. The zero-order chi connectivity index (χ0) is 11.3. The molecule has 4 N–H and O–H groups in total. The molecule has 7 heteroatoms. The Hall–Kier alpha value is -1.63. The van der Waals surface area contributed by atoms with E-state index in [9.17, 15) is 0 Å². The van der Waals surface area contributed by atoms with E-state index in [2.05, 4.69) is 20.6 Å². The highest BCUT2D eigenvalue weighted by Gasteiger charge is 2.07. The van der Waals surface area contributed by atoms with Crippen LogP contribution in [0.1, 0.15) is 18.6 Å². The van der Waals surface area contributed by atoms with E-state index in [0.29, 0.717) is 24.7 Å². The smallest absolute Gasteiger partial charge is 0.223 e. The standard InChI is InChI=1S/C8H15N5O2/c1-5(8(9)12-14)10-4-3-7-11-6(2)15-13-7/h5,10,14H,3-4H2,1-2H3,(H2,9,12). The number of aryl methyl sites for hydroxylation is 1. The maximum Gasteiger partial charge on any atom is 0.223 e. The Balaban J connectivity index is 2.27. The second kappa shape index (κ2) is 5.30. The molecule has 0 spiro atoms. The first kappa shape index (κ1) is 11.4. The van der Waals surface area contributed by atoms with Gasteiger partial charge in [0, 0.05) is 19.9 Å². The lowest BCUT2D eigenvalue weighted by atomic mass is 10.3. The zero-order valence-corrected chi connectivity index (χ0v) is 8.77. The number of nitrogens with one attached hydrogen (secondary N) is 1. The second-order valence-corrected chi connectivity index (χ2v) is 3.18. The van der Waals surface area contributed by atoms with Gasteiger partial charge in [0.2, 0.25) is 5.89 Å². The Kier molecular flexibility index (Phi) is 4.04. The predicted molar refractivity (Wildman–Crippen MR) is 53.6 cm³/mol. The molecule has 0 aromatic carbocycles. The lowest BCUT2D eigenvalue weighted by Gasteiger charge is -2.10. The van der Waals surface area contributed by atoms with Crippen LogP contribution in [0.4, 0.5) is 0 Å². The molecule has 1 unspecified atom stereocenters. The van der Waals surface area contributed by atoms with Gasteiger partial charge in [-0.2, -0.15) is 4.98 Å². The van der Waals surface area contributed by atoms with Crippen LogP contribution in [0.15, 0.2) is 9.68 Å². The van der Waals surface area contributed by atoms with E-state index in [1.54, 1.807) is 13.8 Å². The minimum Gasteiger partial charge on any atom is -0.409 e. The molecule has 0 saturated heterocycles. The molecule has 0 fully saturated rings. The number of rotatable bonds is 5. The van der Waals surface area contributed by atoms with E-state index in [4.69, 9.17) is 15.5 Å². The number of hydrogen-bond acceptors (Lipinski definition) is 6. The number of hydrogen-bond donors (Lipinski definition) is 3. The first-order chi connectivity index (χ1) is 7.13. The Bertz CT molecular complexity index is 336. The molecule has 0 aliphatic heterocycles. The lowest BCUT2D eigenvalue weighted by molar-refractivity contribution is 0.315. The molecule has 1 aromatic rings. The minimum atomic E-state index is -0.178. The third-order valence-electron chi connectivity index (χ3n) is 1.93. The predicted octanol–water partition coefficient (Wildman–Crippen LogP) is -0.355. The van der Waals surface area contributed by atoms with E-state index in [-0.39, 0.29) is 11.9 Å². The minimum absolute atomic E-state index is 0.152. The average Bonchev–Trinajstić information content (AvgIpc) is 2.63. The van der Waals surface area contributed by atoms with Crippen molar-refractivity contribution >= 4 is 5.84 Å². The molecule has 0 aliphatic carbocycles. The van der Waals surface area contributed by atoms with Crippen LogP contribution >= 0.6 is 0 Å². The zero-order valence-electron chi connectivity index (χ0n) is 8.77. The maximum atomic E-state index is 8.41. The van der Waals surface area contributed by atoms with Crippen molar-refractivity contribution in [1.82, 2.24) is 15.5 Å². The molecule has 15 heavy (non-hydrogen) atoms. The van der Waals surface area contributed by atoms with E-state index < -0.39 is 0 Å².